The van der Waals surface area contributed by atoms with Crippen LogP contribution in [0.4, 0.5) is 14.9 Å². The molecule has 0 bridgehead atoms. The SMILES string of the molecule is NC(=O)NC(=O)c1nccc2c(N)ccc(F)c12. The van der Waals surface area contributed by atoms with E-state index in [1.807, 2.05) is 5.32 Å². The Hall–Kier alpha value is -2.70. The van der Waals surface area contributed by atoms with E-state index in [4.69, 9.17) is 11.5 Å². The standard InChI is InChI=1S/C11H9FN4O2/c12-6-1-2-7(13)5-3-4-15-9(8(5)6)10(17)16-11(14)18/h1-4H,13H2,(H3,14,16,17,18). The van der Waals surface area contributed by atoms with Crippen molar-refractivity contribution < 1.29 is 14.0 Å². The predicted molar refractivity (Wildman–Crippen MR) is 63.2 cm³/mol. The van der Waals surface area contributed by atoms with Crippen molar-refractivity contribution in [1.82, 2.24) is 10.3 Å². The van der Waals surface area contributed by atoms with Gasteiger partial charge in [0, 0.05) is 17.3 Å². The second-order valence-corrected chi connectivity index (χ2v) is 3.54. The van der Waals surface area contributed by atoms with Crippen LogP contribution in [0.1, 0.15) is 10.5 Å². The third-order valence-electron chi connectivity index (χ3n) is 2.36. The fourth-order valence-electron chi connectivity index (χ4n) is 1.62. The summed E-state index contributed by atoms with van der Waals surface area (Å²) >= 11 is 0. The van der Waals surface area contributed by atoms with Gasteiger partial charge in [-0.05, 0) is 18.2 Å². The van der Waals surface area contributed by atoms with E-state index in [1.165, 1.54) is 18.3 Å². The maximum Gasteiger partial charge on any atom is 0.319 e. The van der Waals surface area contributed by atoms with Crippen LogP contribution in [-0.4, -0.2) is 16.9 Å². The lowest BCUT2D eigenvalue weighted by atomic mass is 10.1. The number of urea groups is 1. The van der Waals surface area contributed by atoms with Crippen molar-refractivity contribution in [2.75, 3.05) is 5.73 Å². The Morgan fingerprint density at radius 1 is 1.28 bits per heavy atom. The molecule has 7 heteroatoms. The van der Waals surface area contributed by atoms with Crippen LogP contribution >= 0.6 is 0 Å². The number of nitrogens with two attached hydrogens (primary N) is 2. The van der Waals surface area contributed by atoms with Gasteiger partial charge in [0.05, 0.1) is 5.39 Å². The second kappa shape index (κ2) is 4.28. The summed E-state index contributed by atoms with van der Waals surface area (Å²) in [4.78, 5) is 26.0. The molecule has 0 unspecified atom stereocenters. The maximum absolute atomic E-state index is 13.7. The number of anilines is 1. The molecule has 0 fully saturated rings. The van der Waals surface area contributed by atoms with Crippen molar-refractivity contribution in [3.63, 3.8) is 0 Å². The summed E-state index contributed by atoms with van der Waals surface area (Å²) in [5.41, 5.74) is 10.6. The van der Waals surface area contributed by atoms with Gasteiger partial charge in [0.1, 0.15) is 11.5 Å². The normalized spacial score (nSPS) is 10.3. The quantitative estimate of drug-likeness (QED) is 0.647. The van der Waals surface area contributed by atoms with Crippen molar-refractivity contribution >= 4 is 28.4 Å². The number of halogens is 1. The number of aromatic nitrogens is 1. The number of nitrogens with one attached hydrogen (secondary N) is 1. The number of hydrogen-bond donors (Lipinski definition) is 3. The average Bonchev–Trinajstić information content (AvgIpc) is 2.32. The van der Waals surface area contributed by atoms with Crippen LogP contribution in [-0.2, 0) is 0 Å². The largest absolute Gasteiger partial charge is 0.398 e. The minimum absolute atomic E-state index is 0.0451. The Kier molecular flexibility index (Phi) is 2.80. The monoisotopic (exact) mass is 248 g/mol. The zero-order valence-electron chi connectivity index (χ0n) is 9.11. The van der Waals surface area contributed by atoms with E-state index in [1.54, 1.807) is 0 Å². The molecule has 2 aromatic rings. The van der Waals surface area contributed by atoms with Crippen LogP contribution in [0, 0.1) is 5.82 Å². The Morgan fingerprint density at radius 2 is 2.00 bits per heavy atom. The average molecular weight is 248 g/mol. The highest BCUT2D eigenvalue weighted by molar-refractivity contribution is 6.12. The Bertz CT molecular complexity index is 657. The van der Waals surface area contributed by atoms with Crippen molar-refractivity contribution in [1.29, 1.82) is 0 Å². The Labute approximate surface area is 101 Å². The summed E-state index contributed by atoms with van der Waals surface area (Å²) < 4.78 is 13.7. The maximum atomic E-state index is 13.7. The zero-order chi connectivity index (χ0) is 13.3. The topological polar surface area (TPSA) is 111 Å². The molecule has 2 rings (SSSR count). The number of benzene rings is 1. The fraction of sp³-hybridized carbons (Fsp3) is 0. The first-order valence-corrected chi connectivity index (χ1v) is 4.94. The zero-order valence-corrected chi connectivity index (χ0v) is 9.11. The van der Waals surface area contributed by atoms with Gasteiger partial charge >= 0.3 is 6.03 Å². The van der Waals surface area contributed by atoms with Gasteiger partial charge in [-0.3, -0.25) is 15.1 Å². The van der Waals surface area contributed by atoms with E-state index in [0.717, 1.165) is 6.07 Å². The first-order valence-electron chi connectivity index (χ1n) is 4.94. The third kappa shape index (κ3) is 1.93. The lowest BCUT2D eigenvalue weighted by molar-refractivity contribution is 0.0963. The van der Waals surface area contributed by atoms with Gasteiger partial charge in [-0.25, -0.2) is 9.18 Å². The van der Waals surface area contributed by atoms with Crippen molar-refractivity contribution in [2.45, 2.75) is 0 Å². The number of primary amides is 1. The number of nitrogens with zero attached hydrogens (tertiary/aromatic N) is 1. The van der Waals surface area contributed by atoms with Crippen molar-refractivity contribution in [2.24, 2.45) is 5.73 Å². The molecule has 6 nitrogen and oxygen atoms in total. The highest BCUT2D eigenvalue weighted by Gasteiger charge is 2.17. The molecule has 0 aliphatic heterocycles. The van der Waals surface area contributed by atoms with Gasteiger partial charge in [0.2, 0.25) is 0 Å². The summed E-state index contributed by atoms with van der Waals surface area (Å²) in [5.74, 6) is -1.53. The molecule has 3 amide bonds. The molecule has 5 N–H and O–H groups in total. The molecule has 0 spiro atoms. The highest BCUT2D eigenvalue weighted by atomic mass is 19.1. The number of fused-ring (bicyclic) bond motifs is 1. The van der Waals surface area contributed by atoms with E-state index in [0.29, 0.717) is 11.1 Å². The van der Waals surface area contributed by atoms with E-state index in [-0.39, 0.29) is 11.1 Å². The number of imide groups is 1. The Balaban J connectivity index is 2.68. The van der Waals surface area contributed by atoms with Gasteiger partial charge in [-0.2, -0.15) is 0 Å². The van der Waals surface area contributed by atoms with Crippen molar-refractivity contribution in [3.8, 4) is 0 Å². The number of nitrogen functional groups attached to an aromatic ring is 1. The molecule has 0 radical (unpaired) electrons. The van der Waals surface area contributed by atoms with Crippen molar-refractivity contribution in [3.05, 3.63) is 35.9 Å². The van der Waals surface area contributed by atoms with Crippen LogP contribution in [0.25, 0.3) is 10.8 Å². The Morgan fingerprint density at radius 3 is 2.67 bits per heavy atom. The predicted octanol–water partition coefficient (Wildman–Crippen LogP) is 0.765. The molecule has 1 heterocycles. The highest BCUT2D eigenvalue weighted by Crippen LogP contribution is 2.25. The molecule has 92 valence electrons. The van der Waals surface area contributed by atoms with Crippen LogP contribution < -0.4 is 16.8 Å². The van der Waals surface area contributed by atoms with E-state index in [2.05, 4.69) is 4.98 Å². The number of carbonyl (C=O) groups excluding carboxylic acids is 2. The summed E-state index contributed by atoms with van der Waals surface area (Å²) in [5, 5.41) is 2.13. The molecule has 18 heavy (non-hydrogen) atoms. The fourth-order valence-corrected chi connectivity index (χ4v) is 1.62. The summed E-state index contributed by atoms with van der Waals surface area (Å²) in [6.07, 6.45) is 1.30. The van der Waals surface area contributed by atoms with Gasteiger partial charge in [0.15, 0.2) is 0 Å². The number of rotatable bonds is 1. The molecule has 0 aliphatic rings. The molecular formula is C11H9FN4O2. The summed E-state index contributed by atoms with van der Waals surface area (Å²) in [7, 11) is 0. The molecule has 1 aromatic heterocycles. The van der Waals surface area contributed by atoms with E-state index < -0.39 is 17.8 Å². The van der Waals surface area contributed by atoms with Gasteiger partial charge in [0.25, 0.3) is 5.91 Å². The minimum Gasteiger partial charge on any atom is -0.398 e. The van der Waals surface area contributed by atoms with E-state index in [9.17, 15) is 14.0 Å². The van der Waals surface area contributed by atoms with E-state index >= 15 is 0 Å². The number of carbonyl (C=O) groups is 2. The molecule has 1 aromatic carbocycles. The lowest BCUT2D eigenvalue weighted by Crippen LogP contribution is -2.35. The first-order chi connectivity index (χ1) is 8.50. The molecule has 0 aliphatic carbocycles. The molecule has 0 saturated carbocycles. The first kappa shape index (κ1) is 11.8. The van der Waals surface area contributed by atoms with Gasteiger partial charge < -0.3 is 11.5 Å². The molecular weight excluding hydrogens is 239 g/mol. The third-order valence-corrected chi connectivity index (χ3v) is 2.36. The lowest BCUT2D eigenvalue weighted by Gasteiger charge is -2.07. The van der Waals surface area contributed by atoms with Gasteiger partial charge in [-0.1, -0.05) is 0 Å². The number of amides is 3. The van der Waals surface area contributed by atoms with Gasteiger partial charge in [-0.15, -0.1) is 0 Å². The molecule has 0 saturated heterocycles. The summed E-state index contributed by atoms with van der Waals surface area (Å²) in [6.45, 7) is 0. The summed E-state index contributed by atoms with van der Waals surface area (Å²) in [6, 6.07) is 2.95. The molecule has 0 atom stereocenters. The van der Waals surface area contributed by atoms with Crippen LogP contribution in [0.3, 0.4) is 0 Å². The number of pyridine rings is 1. The number of hydrogen-bond acceptors (Lipinski definition) is 4. The van der Waals surface area contributed by atoms with Crippen LogP contribution in [0.15, 0.2) is 24.4 Å². The second-order valence-electron chi connectivity index (χ2n) is 3.54. The van der Waals surface area contributed by atoms with Crippen LogP contribution in [0.5, 0.6) is 0 Å². The minimum atomic E-state index is -1.04. The van der Waals surface area contributed by atoms with Crippen LogP contribution in [0.2, 0.25) is 0 Å². The smallest absolute Gasteiger partial charge is 0.319 e.